The number of benzene rings is 1. The van der Waals surface area contributed by atoms with E-state index in [1.54, 1.807) is 0 Å². The Balaban J connectivity index is 1.66. The fourth-order valence-electron chi connectivity index (χ4n) is 2.32. The number of fused-ring (bicyclic) bond motifs is 1. The Morgan fingerprint density at radius 2 is 2.07 bits per heavy atom. The van der Waals surface area contributed by atoms with E-state index in [4.69, 9.17) is 0 Å². The van der Waals surface area contributed by atoms with Crippen molar-refractivity contribution >= 4 is 45.7 Å². The zero-order valence-electron chi connectivity index (χ0n) is 14.3. The number of halogens is 3. The van der Waals surface area contributed by atoms with Crippen LogP contribution in [0.4, 0.5) is 24.0 Å². The largest absolute Gasteiger partial charge is 0.416 e. The highest BCUT2D eigenvalue weighted by Crippen LogP contribution is 2.40. The van der Waals surface area contributed by atoms with Crippen LogP contribution in [-0.4, -0.2) is 27.3 Å². The van der Waals surface area contributed by atoms with Crippen molar-refractivity contribution in [3.8, 4) is 0 Å². The average molecular weight is 416 g/mol. The van der Waals surface area contributed by atoms with Gasteiger partial charge in [-0.2, -0.15) is 13.2 Å². The van der Waals surface area contributed by atoms with Gasteiger partial charge in [0.2, 0.25) is 16.9 Å². The molecule has 1 aromatic carbocycles. The molecule has 27 heavy (non-hydrogen) atoms. The van der Waals surface area contributed by atoms with Gasteiger partial charge >= 0.3 is 6.18 Å². The zero-order chi connectivity index (χ0) is 19.8. The summed E-state index contributed by atoms with van der Waals surface area (Å²) in [5, 5.41) is 13.3. The number of hydrogen-bond donors (Lipinski definition) is 2. The van der Waals surface area contributed by atoms with Gasteiger partial charge in [0.15, 0.2) is 0 Å². The number of carbonyl (C=O) groups is 2. The molecule has 2 amide bonds. The number of rotatable bonds is 4. The summed E-state index contributed by atoms with van der Waals surface area (Å²) in [6.07, 6.45) is -4.62. The lowest BCUT2D eigenvalue weighted by atomic mass is 10.1. The first kappa shape index (κ1) is 19.6. The van der Waals surface area contributed by atoms with E-state index in [0.717, 1.165) is 28.9 Å². The molecule has 11 heteroatoms. The standard InChI is InChI=1S/C16H15F3N4O2S2/c1-7(2)14-22-23-15(27-14)21-12(24)6-11-13(25)20-9-5-8(16(17,18)19)3-4-10(9)26-11/h3-5,7,11H,6H2,1-2H3,(H,20,25)(H,21,23,24). The van der Waals surface area contributed by atoms with E-state index in [1.165, 1.54) is 17.4 Å². The molecule has 0 aliphatic carbocycles. The highest BCUT2D eigenvalue weighted by Gasteiger charge is 2.34. The number of anilines is 2. The highest BCUT2D eigenvalue weighted by atomic mass is 32.2. The lowest BCUT2D eigenvalue weighted by Crippen LogP contribution is -2.32. The molecular formula is C16H15F3N4O2S2. The summed E-state index contributed by atoms with van der Waals surface area (Å²) < 4.78 is 38.3. The monoisotopic (exact) mass is 416 g/mol. The second-order valence-corrected chi connectivity index (χ2v) is 8.41. The molecule has 0 saturated heterocycles. The summed E-state index contributed by atoms with van der Waals surface area (Å²) in [6.45, 7) is 3.91. The molecule has 2 N–H and O–H groups in total. The molecule has 1 aromatic heterocycles. The van der Waals surface area contributed by atoms with Crippen molar-refractivity contribution in [2.45, 2.75) is 42.5 Å². The van der Waals surface area contributed by atoms with Crippen LogP contribution in [-0.2, 0) is 15.8 Å². The van der Waals surface area contributed by atoms with E-state index in [9.17, 15) is 22.8 Å². The van der Waals surface area contributed by atoms with Gasteiger partial charge < -0.3 is 10.6 Å². The number of nitrogens with zero attached hydrogens (tertiary/aromatic N) is 2. The third kappa shape index (κ3) is 4.59. The molecule has 3 rings (SSSR count). The number of thioether (sulfide) groups is 1. The summed E-state index contributed by atoms with van der Waals surface area (Å²) in [6, 6.07) is 3.15. The number of hydrogen-bond acceptors (Lipinski definition) is 6. The van der Waals surface area contributed by atoms with Crippen LogP contribution in [0.5, 0.6) is 0 Å². The summed E-state index contributed by atoms with van der Waals surface area (Å²) in [4.78, 5) is 24.9. The van der Waals surface area contributed by atoms with Gasteiger partial charge in [0.25, 0.3) is 0 Å². The number of carbonyl (C=O) groups excluding carboxylic acids is 2. The van der Waals surface area contributed by atoms with Crippen LogP contribution in [0.3, 0.4) is 0 Å². The molecule has 0 fully saturated rings. The summed E-state index contributed by atoms with van der Waals surface area (Å²) in [5.74, 6) is -0.738. The molecule has 6 nitrogen and oxygen atoms in total. The van der Waals surface area contributed by atoms with Gasteiger partial charge in [-0.15, -0.1) is 22.0 Å². The van der Waals surface area contributed by atoms with Crippen molar-refractivity contribution in [2.24, 2.45) is 0 Å². The van der Waals surface area contributed by atoms with Crippen LogP contribution in [0, 0.1) is 0 Å². The Morgan fingerprint density at radius 3 is 2.70 bits per heavy atom. The van der Waals surface area contributed by atoms with Crippen molar-refractivity contribution in [3.63, 3.8) is 0 Å². The maximum absolute atomic E-state index is 12.8. The molecule has 0 bridgehead atoms. The minimum absolute atomic E-state index is 0.0992. The maximum Gasteiger partial charge on any atom is 0.416 e. The molecule has 0 spiro atoms. The minimum atomic E-state index is -4.49. The smallest absolute Gasteiger partial charge is 0.324 e. The molecule has 2 aromatic rings. The van der Waals surface area contributed by atoms with Gasteiger partial charge in [0, 0.05) is 17.2 Å². The first-order valence-electron chi connectivity index (χ1n) is 7.95. The van der Waals surface area contributed by atoms with Crippen molar-refractivity contribution < 1.29 is 22.8 Å². The molecule has 144 valence electrons. The normalized spacial score (nSPS) is 16.8. The molecule has 1 aliphatic heterocycles. The van der Waals surface area contributed by atoms with Gasteiger partial charge in [-0.3, -0.25) is 9.59 Å². The molecule has 0 saturated carbocycles. The predicted molar refractivity (Wildman–Crippen MR) is 97.0 cm³/mol. The Labute approximate surface area is 160 Å². The average Bonchev–Trinajstić information content (AvgIpc) is 3.03. The molecule has 1 unspecified atom stereocenters. The molecular weight excluding hydrogens is 401 g/mol. The second kappa shape index (κ2) is 7.47. The lowest BCUT2D eigenvalue weighted by molar-refractivity contribution is -0.137. The van der Waals surface area contributed by atoms with Crippen molar-refractivity contribution in [1.82, 2.24) is 10.2 Å². The summed E-state index contributed by atoms with van der Waals surface area (Å²) in [7, 11) is 0. The minimum Gasteiger partial charge on any atom is -0.324 e. The second-order valence-electron chi connectivity index (χ2n) is 6.16. The molecule has 0 radical (unpaired) electrons. The van der Waals surface area contributed by atoms with Crippen LogP contribution in [0.1, 0.15) is 36.8 Å². The van der Waals surface area contributed by atoms with Crippen LogP contribution in [0.15, 0.2) is 23.1 Å². The molecule has 1 aliphatic rings. The van der Waals surface area contributed by atoms with Gasteiger partial charge in [-0.1, -0.05) is 25.2 Å². The topological polar surface area (TPSA) is 84.0 Å². The van der Waals surface area contributed by atoms with E-state index in [0.29, 0.717) is 10.0 Å². The van der Waals surface area contributed by atoms with Gasteiger partial charge in [-0.25, -0.2) is 0 Å². The quantitative estimate of drug-likeness (QED) is 0.783. The number of amides is 2. The van der Waals surface area contributed by atoms with Gasteiger partial charge in [0.05, 0.1) is 16.5 Å². The third-order valence-electron chi connectivity index (χ3n) is 3.68. The van der Waals surface area contributed by atoms with E-state index in [-0.39, 0.29) is 18.0 Å². The van der Waals surface area contributed by atoms with Crippen molar-refractivity contribution in [3.05, 3.63) is 28.8 Å². The van der Waals surface area contributed by atoms with E-state index >= 15 is 0 Å². The Bertz CT molecular complexity index is 883. The molecule has 2 heterocycles. The van der Waals surface area contributed by atoms with E-state index in [2.05, 4.69) is 20.8 Å². The van der Waals surface area contributed by atoms with Crippen molar-refractivity contribution in [2.75, 3.05) is 10.6 Å². The molecule has 1 atom stereocenters. The highest BCUT2D eigenvalue weighted by molar-refractivity contribution is 8.01. The fraction of sp³-hybridized carbons (Fsp3) is 0.375. The predicted octanol–water partition coefficient (Wildman–Crippen LogP) is 4.12. The van der Waals surface area contributed by atoms with E-state index < -0.39 is 28.8 Å². The fourth-order valence-corrected chi connectivity index (χ4v) is 4.17. The number of alkyl halides is 3. The summed E-state index contributed by atoms with van der Waals surface area (Å²) >= 11 is 2.32. The summed E-state index contributed by atoms with van der Waals surface area (Å²) in [5.41, 5.74) is -0.738. The zero-order valence-corrected chi connectivity index (χ0v) is 15.9. The van der Waals surface area contributed by atoms with Crippen LogP contribution in [0.25, 0.3) is 0 Å². The maximum atomic E-state index is 12.8. The first-order chi connectivity index (χ1) is 12.6. The first-order valence-corrected chi connectivity index (χ1v) is 9.65. The van der Waals surface area contributed by atoms with Crippen LogP contribution < -0.4 is 10.6 Å². The van der Waals surface area contributed by atoms with E-state index in [1.807, 2.05) is 13.8 Å². The van der Waals surface area contributed by atoms with Crippen LogP contribution >= 0.6 is 23.1 Å². The van der Waals surface area contributed by atoms with Crippen LogP contribution in [0.2, 0.25) is 0 Å². The third-order valence-corrected chi connectivity index (χ3v) is 6.09. The SMILES string of the molecule is CC(C)c1nnc(NC(=O)CC2Sc3ccc(C(F)(F)F)cc3NC2=O)s1. The lowest BCUT2D eigenvalue weighted by Gasteiger charge is -2.24. The van der Waals surface area contributed by atoms with Gasteiger partial charge in [-0.05, 0) is 18.2 Å². The van der Waals surface area contributed by atoms with Gasteiger partial charge in [0.1, 0.15) is 5.01 Å². The Morgan fingerprint density at radius 1 is 1.33 bits per heavy atom. The van der Waals surface area contributed by atoms with Crippen molar-refractivity contribution in [1.29, 1.82) is 0 Å². The Kier molecular flexibility index (Phi) is 5.43. The Hall–Kier alpha value is -2.14. The number of aromatic nitrogens is 2. The number of nitrogens with one attached hydrogen (secondary N) is 2.